The maximum absolute atomic E-state index is 13.2. The summed E-state index contributed by atoms with van der Waals surface area (Å²) in [6.07, 6.45) is 0. The Hall–Kier alpha value is -4.19. The quantitative estimate of drug-likeness (QED) is 0.425. The van der Waals surface area contributed by atoms with Crippen molar-refractivity contribution in [2.75, 3.05) is 13.7 Å². The van der Waals surface area contributed by atoms with E-state index in [0.29, 0.717) is 22.9 Å². The van der Waals surface area contributed by atoms with Gasteiger partial charge in [-0.05, 0) is 22.6 Å². The van der Waals surface area contributed by atoms with Crippen LogP contribution in [0, 0.1) is 0 Å². The fraction of sp³-hybridized carbons (Fsp3) is 0.148. The first-order valence-corrected chi connectivity index (χ1v) is 10.6. The first-order chi connectivity index (χ1) is 16.0. The van der Waals surface area contributed by atoms with Crippen molar-refractivity contribution in [1.29, 1.82) is 0 Å². The number of carbonyl (C=O) groups is 2. The van der Waals surface area contributed by atoms with E-state index >= 15 is 0 Å². The summed E-state index contributed by atoms with van der Waals surface area (Å²) in [6.45, 7) is -0.0155. The number of amides is 1. The fourth-order valence-corrected chi connectivity index (χ4v) is 3.85. The summed E-state index contributed by atoms with van der Waals surface area (Å²) in [5, 5.41) is 1.17. The van der Waals surface area contributed by atoms with Crippen LogP contribution in [-0.2, 0) is 23.1 Å². The van der Waals surface area contributed by atoms with Crippen LogP contribution in [0.1, 0.15) is 16.1 Å². The number of hydrogen-bond donors (Lipinski definition) is 0. The predicted octanol–water partition coefficient (Wildman–Crippen LogP) is 4.02. The molecule has 0 aliphatic heterocycles. The van der Waals surface area contributed by atoms with Gasteiger partial charge in [0.25, 0.3) is 11.5 Å². The Kier molecular flexibility index (Phi) is 6.36. The van der Waals surface area contributed by atoms with Crippen LogP contribution in [-0.4, -0.2) is 35.0 Å². The first kappa shape index (κ1) is 22.0. The van der Waals surface area contributed by atoms with E-state index in [4.69, 9.17) is 4.74 Å². The van der Waals surface area contributed by atoms with E-state index < -0.39 is 12.6 Å². The second-order valence-electron chi connectivity index (χ2n) is 7.81. The van der Waals surface area contributed by atoms with Crippen molar-refractivity contribution < 1.29 is 14.3 Å². The van der Waals surface area contributed by atoms with Crippen molar-refractivity contribution in [3.63, 3.8) is 0 Å². The second kappa shape index (κ2) is 9.53. The van der Waals surface area contributed by atoms with Gasteiger partial charge in [-0.15, -0.1) is 0 Å². The summed E-state index contributed by atoms with van der Waals surface area (Å²) in [5.74, 6) is -1.06. The van der Waals surface area contributed by atoms with Gasteiger partial charge in [-0.2, -0.15) is 0 Å². The van der Waals surface area contributed by atoms with Crippen LogP contribution in [0.25, 0.3) is 21.9 Å². The molecule has 1 heterocycles. The number of nitrogens with zero attached hydrogens (tertiary/aromatic N) is 2. The molecule has 0 spiro atoms. The molecule has 6 heteroatoms. The summed E-state index contributed by atoms with van der Waals surface area (Å²) >= 11 is 0. The van der Waals surface area contributed by atoms with Crippen molar-refractivity contribution in [2.24, 2.45) is 7.05 Å². The maximum Gasteiger partial charge on any atom is 0.356 e. The summed E-state index contributed by atoms with van der Waals surface area (Å²) in [7, 11) is 3.20. The largest absolute Gasteiger partial charge is 0.451 e. The molecule has 3 aromatic carbocycles. The number of aromatic nitrogens is 1. The summed E-state index contributed by atoms with van der Waals surface area (Å²) in [6, 6.07) is 26.1. The lowest BCUT2D eigenvalue weighted by Crippen LogP contribution is -2.32. The molecule has 0 N–H and O–H groups in total. The Bertz CT molecular complexity index is 1360. The third-order valence-corrected chi connectivity index (χ3v) is 5.57. The zero-order chi connectivity index (χ0) is 23.4. The van der Waals surface area contributed by atoms with Crippen LogP contribution >= 0.6 is 0 Å². The average Bonchev–Trinajstić information content (AvgIpc) is 2.85. The third-order valence-electron chi connectivity index (χ3n) is 5.57. The molecular weight excluding hydrogens is 416 g/mol. The van der Waals surface area contributed by atoms with Gasteiger partial charge in [-0.3, -0.25) is 9.59 Å². The van der Waals surface area contributed by atoms with Crippen LogP contribution in [0.4, 0.5) is 0 Å². The number of fused-ring (bicyclic) bond motifs is 1. The molecule has 4 rings (SSSR count). The van der Waals surface area contributed by atoms with Gasteiger partial charge in [0.05, 0.1) is 0 Å². The molecule has 1 aromatic heterocycles. The molecule has 0 saturated carbocycles. The lowest BCUT2D eigenvalue weighted by atomic mass is 9.97. The van der Waals surface area contributed by atoms with Crippen LogP contribution in [0.2, 0.25) is 0 Å². The molecule has 0 unspecified atom stereocenters. The number of carbonyl (C=O) groups excluding carboxylic acids is 2. The van der Waals surface area contributed by atoms with E-state index in [1.54, 1.807) is 26.2 Å². The summed E-state index contributed by atoms with van der Waals surface area (Å²) in [5.41, 5.74) is 2.17. The summed E-state index contributed by atoms with van der Waals surface area (Å²) in [4.78, 5) is 40.2. The van der Waals surface area contributed by atoms with Crippen LogP contribution < -0.4 is 5.56 Å². The van der Waals surface area contributed by atoms with Gasteiger partial charge in [-0.1, -0.05) is 78.9 Å². The number of esters is 1. The highest BCUT2D eigenvalue weighted by atomic mass is 16.5. The Morgan fingerprint density at radius 3 is 2.09 bits per heavy atom. The van der Waals surface area contributed by atoms with Crippen molar-refractivity contribution in [1.82, 2.24) is 9.47 Å². The number of benzene rings is 3. The van der Waals surface area contributed by atoms with Crippen molar-refractivity contribution in [3.05, 3.63) is 107 Å². The van der Waals surface area contributed by atoms with E-state index in [2.05, 4.69) is 0 Å². The Morgan fingerprint density at radius 1 is 0.848 bits per heavy atom. The van der Waals surface area contributed by atoms with Gasteiger partial charge in [0.1, 0.15) is 5.69 Å². The van der Waals surface area contributed by atoms with Gasteiger partial charge in [0.2, 0.25) is 0 Å². The van der Waals surface area contributed by atoms with E-state index in [9.17, 15) is 14.4 Å². The zero-order valence-corrected chi connectivity index (χ0v) is 18.5. The van der Waals surface area contributed by atoms with E-state index in [0.717, 1.165) is 11.1 Å². The molecule has 0 atom stereocenters. The Balaban J connectivity index is 1.65. The topological polar surface area (TPSA) is 68.6 Å². The van der Waals surface area contributed by atoms with E-state index in [1.807, 2.05) is 72.8 Å². The minimum absolute atomic E-state index is 0.114. The lowest BCUT2D eigenvalue weighted by molar-refractivity contribution is -0.133. The van der Waals surface area contributed by atoms with Gasteiger partial charge in [-0.25, -0.2) is 4.79 Å². The molecule has 0 aliphatic carbocycles. The van der Waals surface area contributed by atoms with Crippen molar-refractivity contribution in [2.45, 2.75) is 6.54 Å². The lowest BCUT2D eigenvalue weighted by Gasteiger charge is -2.19. The number of ether oxygens (including phenoxy) is 1. The number of hydrogen-bond acceptors (Lipinski definition) is 4. The molecular formula is C27H24N2O4. The minimum Gasteiger partial charge on any atom is -0.451 e. The third kappa shape index (κ3) is 4.55. The normalized spacial score (nSPS) is 10.7. The molecule has 0 radical (unpaired) electrons. The van der Waals surface area contributed by atoms with Gasteiger partial charge < -0.3 is 14.2 Å². The fourth-order valence-electron chi connectivity index (χ4n) is 3.85. The molecule has 0 bridgehead atoms. The molecule has 6 nitrogen and oxygen atoms in total. The van der Waals surface area contributed by atoms with Gasteiger partial charge >= 0.3 is 5.97 Å². The summed E-state index contributed by atoms with van der Waals surface area (Å²) < 4.78 is 6.70. The number of rotatable bonds is 6. The highest BCUT2D eigenvalue weighted by Crippen LogP contribution is 2.30. The number of pyridine rings is 1. The maximum atomic E-state index is 13.2. The molecule has 4 aromatic rings. The molecule has 1 amide bonds. The van der Waals surface area contributed by atoms with Gasteiger partial charge in [0, 0.05) is 31.6 Å². The predicted molar refractivity (Wildman–Crippen MR) is 128 cm³/mol. The van der Waals surface area contributed by atoms with Crippen LogP contribution in [0.3, 0.4) is 0 Å². The van der Waals surface area contributed by atoms with Crippen LogP contribution in [0.15, 0.2) is 89.7 Å². The van der Waals surface area contributed by atoms with E-state index in [1.165, 1.54) is 9.47 Å². The smallest absolute Gasteiger partial charge is 0.356 e. The standard InChI is InChI=1S/C27H24N2O4/c1-28(17-19-11-5-3-6-12-19)23(30)18-33-27(32)25-24(20-13-7-4-8-14-20)21-15-9-10-16-22(21)26(31)29(25)2/h3-16H,17-18H2,1-2H3. The molecule has 0 aliphatic rings. The molecule has 33 heavy (non-hydrogen) atoms. The first-order valence-electron chi connectivity index (χ1n) is 10.6. The highest BCUT2D eigenvalue weighted by molar-refractivity contribution is 6.07. The monoisotopic (exact) mass is 440 g/mol. The molecule has 166 valence electrons. The van der Waals surface area contributed by atoms with Gasteiger partial charge in [0.15, 0.2) is 6.61 Å². The average molecular weight is 440 g/mol. The second-order valence-corrected chi connectivity index (χ2v) is 7.81. The highest BCUT2D eigenvalue weighted by Gasteiger charge is 2.24. The zero-order valence-electron chi connectivity index (χ0n) is 18.5. The van der Waals surface area contributed by atoms with Crippen LogP contribution in [0.5, 0.6) is 0 Å². The number of likely N-dealkylation sites (N-methyl/N-ethyl adjacent to an activating group) is 1. The SMILES string of the molecule is CN(Cc1ccccc1)C(=O)COC(=O)c1c(-c2ccccc2)c2ccccc2c(=O)n1C. The molecule has 0 saturated heterocycles. The van der Waals surface area contributed by atoms with E-state index in [-0.39, 0.29) is 17.2 Å². The van der Waals surface area contributed by atoms with Crippen molar-refractivity contribution >= 4 is 22.6 Å². The Labute approximate surface area is 191 Å². The van der Waals surface area contributed by atoms with Crippen molar-refractivity contribution in [3.8, 4) is 11.1 Å². The molecule has 0 fully saturated rings. The Morgan fingerprint density at radius 2 is 1.42 bits per heavy atom. The minimum atomic E-state index is -0.722.